The average molecular weight is 468 g/mol. The van der Waals surface area contributed by atoms with Gasteiger partial charge in [0.1, 0.15) is 6.54 Å². The fourth-order valence-electron chi connectivity index (χ4n) is 2.92. The number of carbonyl (C=O) groups is 3. The molecule has 0 aliphatic heterocycles. The number of nitrogens with one attached hydrogen (secondary N) is 3. The molecule has 3 N–H and O–H groups in total. The Morgan fingerprint density at radius 1 is 0.970 bits per heavy atom. The summed E-state index contributed by atoms with van der Waals surface area (Å²) in [5, 5.41) is 8.54. The van der Waals surface area contributed by atoms with Gasteiger partial charge >= 0.3 is 0 Å². The lowest BCUT2D eigenvalue weighted by Crippen LogP contribution is -2.37. The summed E-state index contributed by atoms with van der Waals surface area (Å²) in [5.74, 6) is -0.887. The van der Waals surface area contributed by atoms with Crippen LogP contribution >= 0.6 is 11.6 Å². The van der Waals surface area contributed by atoms with Crippen LogP contribution in [0.1, 0.15) is 17.3 Å². The Morgan fingerprint density at radius 2 is 1.64 bits per heavy atom. The van der Waals surface area contributed by atoms with Crippen molar-refractivity contribution >= 4 is 35.0 Å². The molecule has 170 valence electrons. The highest BCUT2D eigenvalue weighted by Gasteiger charge is 2.08. The van der Waals surface area contributed by atoms with E-state index in [2.05, 4.69) is 20.9 Å². The molecule has 0 spiro atoms. The molecule has 3 rings (SSSR count). The van der Waals surface area contributed by atoms with E-state index >= 15 is 0 Å². The predicted molar refractivity (Wildman–Crippen MR) is 125 cm³/mol. The molecule has 10 heteroatoms. The van der Waals surface area contributed by atoms with Crippen LogP contribution < -0.4 is 21.5 Å². The molecule has 0 radical (unpaired) electrons. The largest absolute Gasteiger partial charge is 0.353 e. The molecule has 0 fully saturated rings. The first-order valence-electron chi connectivity index (χ1n) is 10.1. The van der Waals surface area contributed by atoms with Crippen LogP contribution in [0.15, 0.2) is 65.7 Å². The summed E-state index contributed by atoms with van der Waals surface area (Å²) in [4.78, 5) is 51.9. The first-order chi connectivity index (χ1) is 15.8. The highest BCUT2D eigenvalue weighted by Crippen LogP contribution is 2.17. The Bertz CT molecular complexity index is 1210. The summed E-state index contributed by atoms with van der Waals surface area (Å²) < 4.78 is 1.20. The second-order valence-electron chi connectivity index (χ2n) is 7.11. The van der Waals surface area contributed by atoms with Gasteiger partial charge < -0.3 is 16.0 Å². The zero-order valence-electron chi connectivity index (χ0n) is 17.8. The Morgan fingerprint density at radius 3 is 2.27 bits per heavy atom. The van der Waals surface area contributed by atoms with Gasteiger partial charge in [-0.05, 0) is 36.4 Å². The van der Waals surface area contributed by atoms with Crippen molar-refractivity contribution in [1.82, 2.24) is 20.2 Å². The minimum Gasteiger partial charge on any atom is -0.353 e. The van der Waals surface area contributed by atoms with Gasteiger partial charge in [0, 0.05) is 47.9 Å². The van der Waals surface area contributed by atoms with Crippen LogP contribution in [0, 0.1) is 0 Å². The fourth-order valence-corrected chi connectivity index (χ4v) is 3.05. The number of rotatable bonds is 8. The molecular formula is C23H22ClN5O4. The molecule has 0 unspecified atom stereocenters. The number of hydrogen-bond donors (Lipinski definition) is 3. The zero-order valence-corrected chi connectivity index (χ0v) is 18.6. The highest BCUT2D eigenvalue weighted by atomic mass is 35.5. The van der Waals surface area contributed by atoms with E-state index in [4.69, 9.17) is 11.6 Å². The number of amides is 3. The summed E-state index contributed by atoms with van der Waals surface area (Å²) in [7, 11) is 0. The van der Waals surface area contributed by atoms with E-state index in [0.29, 0.717) is 22.0 Å². The van der Waals surface area contributed by atoms with Crippen molar-refractivity contribution in [2.75, 3.05) is 18.4 Å². The Labute approximate surface area is 194 Å². The summed E-state index contributed by atoms with van der Waals surface area (Å²) in [6.07, 6.45) is 1.32. The molecule has 0 bridgehead atoms. The monoisotopic (exact) mass is 467 g/mol. The Hall–Kier alpha value is -3.98. The molecule has 9 nitrogen and oxygen atoms in total. The number of aromatic nitrogens is 2. The SMILES string of the molecule is CC(=O)Nc1ccc(C(=O)NCCNC(=O)Cn2cnc(-c3ccc(Cl)cc3)cc2=O)cc1. The van der Waals surface area contributed by atoms with Crippen molar-refractivity contribution in [2.45, 2.75) is 13.5 Å². The number of hydrogen-bond acceptors (Lipinski definition) is 5. The maximum atomic E-state index is 12.3. The topological polar surface area (TPSA) is 122 Å². The van der Waals surface area contributed by atoms with Gasteiger partial charge in [-0.1, -0.05) is 23.7 Å². The van der Waals surface area contributed by atoms with E-state index < -0.39 is 0 Å². The standard InChI is InChI=1S/C23H22ClN5O4/c1-15(30)28-19-8-4-17(5-9-19)23(33)26-11-10-25-21(31)13-29-14-27-20(12-22(29)32)16-2-6-18(24)7-3-16/h2-9,12,14H,10-11,13H2,1H3,(H,25,31)(H,26,33)(H,28,30). The number of halogens is 1. The lowest BCUT2D eigenvalue weighted by molar-refractivity contribution is -0.121. The molecule has 1 aromatic heterocycles. The first kappa shape index (κ1) is 23.7. The van der Waals surface area contributed by atoms with Gasteiger partial charge in [-0.2, -0.15) is 0 Å². The van der Waals surface area contributed by atoms with Gasteiger partial charge in [0.25, 0.3) is 11.5 Å². The number of anilines is 1. The van der Waals surface area contributed by atoms with Crippen molar-refractivity contribution < 1.29 is 14.4 Å². The fraction of sp³-hybridized carbons (Fsp3) is 0.174. The summed E-state index contributed by atoms with van der Waals surface area (Å²) in [6, 6.07) is 14.7. The molecule has 0 atom stereocenters. The minimum absolute atomic E-state index is 0.189. The molecule has 0 aliphatic rings. The number of benzene rings is 2. The van der Waals surface area contributed by atoms with Crippen LogP contribution in [0.5, 0.6) is 0 Å². The minimum atomic E-state index is -0.382. The quantitative estimate of drug-likeness (QED) is 0.438. The van der Waals surface area contributed by atoms with E-state index in [1.54, 1.807) is 48.5 Å². The third kappa shape index (κ3) is 7.01. The number of nitrogens with zero attached hydrogens (tertiary/aromatic N) is 2. The van der Waals surface area contributed by atoms with Crippen molar-refractivity contribution in [3.63, 3.8) is 0 Å². The van der Waals surface area contributed by atoms with E-state index in [-0.39, 0.29) is 42.9 Å². The third-order valence-corrected chi connectivity index (χ3v) is 4.79. The Kier molecular flexibility index (Phi) is 7.93. The molecule has 2 aromatic carbocycles. The lowest BCUT2D eigenvalue weighted by Gasteiger charge is -2.09. The molecule has 3 aromatic rings. The molecule has 0 saturated heterocycles. The van der Waals surface area contributed by atoms with Crippen molar-refractivity contribution in [3.05, 3.63) is 81.9 Å². The van der Waals surface area contributed by atoms with Crippen LogP contribution in [0.3, 0.4) is 0 Å². The lowest BCUT2D eigenvalue weighted by atomic mass is 10.1. The van der Waals surface area contributed by atoms with E-state index in [1.807, 2.05) is 0 Å². The van der Waals surface area contributed by atoms with Crippen molar-refractivity contribution in [2.24, 2.45) is 0 Å². The van der Waals surface area contributed by atoms with Gasteiger partial charge in [0.05, 0.1) is 12.0 Å². The van der Waals surface area contributed by atoms with Gasteiger partial charge in [0.2, 0.25) is 11.8 Å². The maximum absolute atomic E-state index is 12.3. The summed E-state index contributed by atoms with van der Waals surface area (Å²) in [6.45, 7) is 1.61. The van der Waals surface area contributed by atoms with Crippen LogP contribution in [-0.4, -0.2) is 40.4 Å². The second kappa shape index (κ2) is 11.1. The summed E-state index contributed by atoms with van der Waals surface area (Å²) >= 11 is 5.87. The normalized spacial score (nSPS) is 10.4. The van der Waals surface area contributed by atoms with Crippen molar-refractivity contribution in [3.8, 4) is 11.3 Å². The van der Waals surface area contributed by atoms with Crippen LogP contribution in [-0.2, 0) is 16.1 Å². The average Bonchev–Trinajstić information content (AvgIpc) is 2.78. The molecule has 3 amide bonds. The van der Waals surface area contributed by atoms with Gasteiger partial charge in [-0.15, -0.1) is 0 Å². The smallest absolute Gasteiger partial charge is 0.254 e. The first-order valence-corrected chi connectivity index (χ1v) is 10.4. The van der Waals surface area contributed by atoms with Crippen LogP contribution in [0.2, 0.25) is 5.02 Å². The van der Waals surface area contributed by atoms with Crippen LogP contribution in [0.4, 0.5) is 5.69 Å². The number of carbonyl (C=O) groups excluding carboxylic acids is 3. The molecule has 33 heavy (non-hydrogen) atoms. The highest BCUT2D eigenvalue weighted by molar-refractivity contribution is 6.30. The Balaban J connectivity index is 1.44. The van der Waals surface area contributed by atoms with E-state index in [9.17, 15) is 19.2 Å². The second-order valence-corrected chi connectivity index (χ2v) is 7.55. The van der Waals surface area contributed by atoms with Gasteiger partial charge in [-0.3, -0.25) is 23.7 Å². The zero-order chi connectivity index (χ0) is 23.8. The van der Waals surface area contributed by atoms with Crippen molar-refractivity contribution in [1.29, 1.82) is 0 Å². The maximum Gasteiger partial charge on any atom is 0.254 e. The molecular weight excluding hydrogens is 446 g/mol. The summed E-state index contributed by atoms with van der Waals surface area (Å²) in [5.41, 5.74) is 1.89. The predicted octanol–water partition coefficient (Wildman–Crippen LogP) is 2.07. The third-order valence-electron chi connectivity index (χ3n) is 4.53. The molecule has 0 saturated carbocycles. The van der Waals surface area contributed by atoms with E-state index in [0.717, 1.165) is 5.56 Å². The van der Waals surface area contributed by atoms with Gasteiger partial charge in [0.15, 0.2) is 0 Å². The molecule has 0 aliphatic carbocycles. The van der Waals surface area contributed by atoms with Gasteiger partial charge in [-0.25, -0.2) is 4.98 Å². The van der Waals surface area contributed by atoms with E-state index in [1.165, 1.54) is 23.9 Å². The van der Waals surface area contributed by atoms with Crippen LogP contribution in [0.25, 0.3) is 11.3 Å². The molecule has 1 heterocycles.